The van der Waals surface area contributed by atoms with Crippen LogP contribution >= 0.6 is 0 Å². The Bertz CT molecular complexity index is 628. The van der Waals surface area contributed by atoms with Crippen molar-refractivity contribution in [3.63, 3.8) is 0 Å². The number of rotatable bonds is 3. The maximum absolute atomic E-state index is 5.52. The first kappa shape index (κ1) is 14.2. The zero-order valence-corrected chi connectivity index (χ0v) is 13.1. The number of piperidine rings is 1. The number of pyridine rings is 1. The molecule has 0 radical (unpaired) electrons. The summed E-state index contributed by atoms with van der Waals surface area (Å²) in [6.07, 6.45) is 7.08. The van der Waals surface area contributed by atoms with E-state index in [0.717, 1.165) is 24.6 Å². The highest BCUT2D eigenvalue weighted by atomic mass is 16.5. The van der Waals surface area contributed by atoms with Gasteiger partial charge in [-0.15, -0.1) is 0 Å². The van der Waals surface area contributed by atoms with Crippen LogP contribution in [0.2, 0.25) is 0 Å². The molecule has 0 bridgehead atoms. The Morgan fingerprint density at radius 1 is 1.14 bits per heavy atom. The second kappa shape index (κ2) is 6.35. The van der Waals surface area contributed by atoms with Gasteiger partial charge in [0, 0.05) is 24.2 Å². The molecule has 0 aliphatic carbocycles. The molecular formula is C19H24N2O. The number of aromatic nitrogens is 1. The predicted octanol–water partition coefficient (Wildman–Crippen LogP) is 3.28. The van der Waals surface area contributed by atoms with E-state index < -0.39 is 0 Å². The number of hydrogen-bond acceptors (Lipinski definition) is 3. The highest BCUT2D eigenvalue weighted by molar-refractivity contribution is 5.78. The van der Waals surface area contributed by atoms with Crippen molar-refractivity contribution < 1.29 is 4.74 Å². The molecule has 3 heterocycles. The Morgan fingerprint density at radius 2 is 2.00 bits per heavy atom. The van der Waals surface area contributed by atoms with Crippen molar-refractivity contribution in [2.75, 3.05) is 26.3 Å². The number of hydrogen-bond donors (Lipinski definition) is 0. The first-order chi connectivity index (χ1) is 10.9. The van der Waals surface area contributed by atoms with Gasteiger partial charge < -0.3 is 4.74 Å². The molecule has 2 fully saturated rings. The van der Waals surface area contributed by atoms with E-state index in [9.17, 15) is 0 Å². The van der Waals surface area contributed by atoms with Gasteiger partial charge in [-0.25, -0.2) is 0 Å². The monoisotopic (exact) mass is 296 g/mol. The summed E-state index contributed by atoms with van der Waals surface area (Å²) >= 11 is 0. The first-order valence-electron chi connectivity index (χ1n) is 8.54. The van der Waals surface area contributed by atoms with Crippen LogP contribution in [0.15, 0.2) is 36.5 Å². The third-order valence-electron chi connectivity index (χ3n) is 5.24. The lowest BCUT2D eigenvalue weighted by Crippen LogP contribution is -2.42. The fourth-order valence-electron chi connectivity index (χ4n) is 3.89. The van der Waals surface area contributed by atoms with Gasteiger partial charge >= 0.3 is 0 Å². The van der Waals surface area contributed by atoms with Crippen molar-refractivity contribution in [1.82, 2.24) is 9.88 Å². The Hall–Kier alpha value is -1.45. The molecule has 1 aromatic heterocycles. The molecule has 2 aliphatic rings. The number of ether oxygens (including phenoxy) is 1. The minimum absolute atomic E-state index is 0.684. The summed E-state index contributed by atoms with van der Waals surface area (Å²) in [6, 6.07) is 11.4. The van der Waals surface area contributed by atoms with E-state index in [2.05, 4.69) is 46.4 Å². The molecule has 2 aliphatic heterocycles. The van der Waals surface area contributed by atoms with Gasteiger partial charge in [0.05, 0.1) is 12.1 Å². The lowest BCUT2D eigenvalue weighted by Gasteiger charge is -2.35. The van der Waals surface area contributed by atoms with Crippen LogP contribution in [0.1, 0.15) is 24.8 Å². The fraction of sp³-hybridized carbons (Fsp3) is 0.526. The molecule has 3 nitrogen and oxygen atoms in total. The highest BCUT2D eigenvalue weighted by Gasteiger charge is 2.27. The zero-order chi connectivity index (χ0) is 14.8. The highest BCUT2D eigenvalue weighted by Crippen LogP contribution is 2.25. The SMILES string of the molecule is c1ccc2ncc(CC3CCN([C@H]4CCOC4)CC3)cc2c1. The lowest BCUT2D eigenvalue weighted by molar-refractivity contribution is 0.110. The van der Waals surface area contributed by atoms with Crippen LogP contribution in [0.3, 0.4) is 0 Å². The smallest absolute Gasteiger partial charge is 0.0702 e. The largest absolute Gasteiger partial charge is 0.380 e. The van der Waals surface area contributed by atoms with Crippen molar-refractivity contribution in [3.8, 4) is 0 Å². The minimum Gasteiger partial charge on any atom is -0.380 e. The Balaban J connectivity index is 1.37. The summed E-state index contributed by atoms with van der Waals surface area (Å²) in [6.45, 7) is 4.37. The van der Waals surface area contributed by atoms with Crippen LogP contribution in [0, 0.1) is 5.92 Å². The number of para-hydroxylation sites is 1. The first-order valence-corrected chi connectivity index (χ1v) is 8.54. The molecule has 22 heavy (non-hydrogen) atoms. The van der Waals surface area contributed by atoms with E-state index in [1.165, 1.54) is 49.7 Å². The molecule has 2 saturated heterocycles. The minimum atomic E-state index is 0.684. The molecule has 4 rings (SSSR count). The fourth-order valence-corrected chi connectivity index (χ4v) is 3.89. The molecule has 0 spiro atoms. The Kier molecular flexibility index (Phi) is 4.09. The van der Waals surface area contributed by atoms with Gasteiger partial charge in [0.2, 0.25) is 0 Å². The number of likely N-dealkylation sites (tertiary alicyclic amines) is 1. The van der Waals surface area contributed by atoms with E-state index in [4.69, 9.17) is 4.74 Å². The average Bonchev–Trinajstić information content (AvgIpc) is 3.10. The number of benzene rings is 1. The lowest BCUT2D eigenvalue weighted by atomic mass is 9.89. The number of nitrogens with zero attached hydrogens (tertiary/aromatic N) is 2. The van der Waals surface area contributed by atoms with Crippen LogP contribution < -0.4 is 0 Å². The summed E-state index contributed by atoms with van der Waals surface area (Å²) in [5.41, 5.74) is 2.49. The molecule has 0 amide bonds. The zero-order valence-electron chi connectivity index (χ0n) is 13.1. The van der Waals surface area contributed by atoms with Gasteiger partial charge in [0.1, 0.15) is 0 Å². The molecular weight excluding hydrogens is 272 g/mol. The summed E-state index contributed by atoms with van der Waals surface area (Å²) in [5, 5.41) is 1.26. The maximum Gasteiger partial charge on any atom is 0.0702 e. The van der Waals surface area contributed by atoms with Gasteiger partial charge in [0.25, 0.3) is 0 Å². The predicted molar refractivity (Wildman–Crippen MR) is 89.0 cm³/mol. The van der Waals surface area contributed by atoms with Crippen LogP contribution in [0.25, 0.3) is 10.9 Å². The van der Waals surface area contributed by atoms with Crippen molar-refractivity contribution in [2.45, 2.75) is 31.7 Å². The van der Waals surface area contributed by atoms with E-state index in [0.29, 0.717) is 6.04 Å². The van der Waals surface area contributed by atoms with Crippen molar-refractivity contribution in [1.29, 1.82) is 0 Å². The van der Waals surface area contributed by atoms with E-state index in [1.54, 1.807) is 0 Å². The van der Waals surface area contributed by atoms with Gasteiger partial charge in [-0.2, -0.15) is 0 Å². The van der Waals surface area contributed by atoms with Crippen LogP contribution in [0.4, 0.5) is 0 Å². The molecule has 0 N–H and O–H groups in total. The summed E-state index contributed by atoms with van der Waals surface area (Å²) in [7, 11) is 0. The van der Waals surface area contributed by atoms with Crippen molar-refractivity contribution in [3.05, 3.63) is 42.1 Å². The van der Waals surface area contributed by atoms with Crippen LogP contribution in [0.5, 0.6) is 0 Å². The van der Waals surface area contributed by atoms with Crippen molar-refractivity contribution >= 4 is 10.9 Å². The standard InChI is InChI=1S/C19H24N2O/c1-2-4-19-17(3-1)12-16(13-20-19)11-15-5-8-21(9-6-15)18-7-10-22-14-18/h1-4,12-13,15,18H,5-11,14H2/t18-/m0/s1. The normalized spacial score (nSPS) is 24.1. The summed E-state index contributed by atoms with van der Waals surface area (Å²) in [4.78, 5) is 7.24. The topological polar surface area (TPSA) is 25.4 Å². The van der Waals surface area contributed by atoms with E-state index in [-0.39, 0.29) is 0 Å². The molecule has 0 saturated carbocycles. The van der Waals surface area contributed by atoms with Gasteiger partial charge in [-0.05, 0) is 62.4 Å². The molecule has 0 unspecified atom stereocenters. The van der Waals surface area contributed by atoms with Crippen LogP contribution in [-0.4, -0.2) is 42.2 Å². The Labute approximate surface area is 132 Å². The van der Waals surface area contributed by atoms with Crippen molar-refractivity contribution in [2.24, 2.45) is 5.92 Å². The molecule has 2 aromatic rings. The summed E-state index contributed by atoms with van der Waals surface area (Å²) < 4.78 is 5.52. The third kappa shape index (κ3) is 3.01. The molecule has 1 atom stereocenters. The van der Waals surface area contributed by atoms with Gasteiger partial charge in [0.15, 0.2) is 0 Å². The second-order valence-corrected chi connectivity index (χ2v) is 6.74. The second-order valence-electron chi connectivity index (χ2n) is 6.74. The molecule has 3 heteroatoms. The molecule has 1 aromatic carbocycles. The third-order valence-corrected chi connectivity index (χ3v) is 5.24. The Morgan fingerprint density at radius 3 is 2.82 bits per heavy atom. The summed E-state index contributed by atoms with van der Waals surface area (Å²) in [5.74, 6) is 0.807. The quantitative estimate of drug-likeness (QED) is 0.869. The van der Waals surface area contributed by atoms with Gasteiger partial charge in [-0.1, -0.05) is 18.2 Å². The van der Waals surface area contributed by atoms with Crippen LogP contribution in [-0.2, 0) is 11.2 Å². The van der Waals surface area contributed by atoms with E-state index in [1.807, 2.05) is 0 Å². The van der Waals surface area contributed by atoms with Gasteiger partial charge in [-0.3, -0.25) is 9.88 Å². The number of fused-ring (bicyclic) bond motifs is 1. The average molecular weight is 296 g/mol. The molecule has 116 valence electrons. The maximum atomic E-state index is 5.52. The van der Waals surface area contributed by atoms with E-state index >= 15 is 0 Å².